The van der Waals surface area contributed by atoms with Gasteiger partial charge in [0.2, 0.25) is 0 Å². The van der Waals surface area contributed by atoms with Crippen LogP contribution < -0.4 is 5.32 Å². The lowest BCUT2D eigenvalue weighted by Gasteiger charge is -2.26. The molecule has 2 rings (SSSR count). The number of ether oxygens (including phenoxy) is 1. The molecule has 0 aliphatic carbocycles. The first-order valence-corrected chi connectivity index (χ1v) is 7.11. The predicted octanol–water partition coefficient (Wildman–Crippen LogP) is 1.83. The minimum absolute atomic E-state index is 0.323. The van der Waals surface area contributed by atoms with Crippen molar-refractivity contribution in [3.8, 4) is 0 Å². The Balaban J connectivity index is 1.72. The highest BCUT2D eigenvalue weighted by Crippen LogP contribution is 2.18. The zero-order valence-corrected chi connectivity index (χ0v) is 11.5. The number of thiazole rings is 1. The van der Waals surface area contributed by atoms with Crippen LogP contribution in [-0.2, 0) is 4.74 Å². The van der Waals surface area contributed by atoms with Crippen LogP contribution in [0, 0.1) is 0 Å². The van der Waals surface area contributed by atoms with Crippen molar-refractivity contribution in [3.63, 3.8) is 0 Å². The van der Waals surface area contributed by atoms with E-state index in [1.807, 2.05) is 0 Å². The van der Waals surface area contributed by atoms with Crippen molar-refractivity contribution in [2.45, 2.75) is 19.3 Å². The molecule has 1 N–H and O–H groups in total. The molecule has 1 aromatic heterocycles. The molecule has 0 spiro atoms. The molecule has 6 heteroatoms. The summed E-state index contributed by atoms with van der Waals surface area (Å²) >= 11 is 1.34. The van der Waals surface area contributed by atoms with E-state index in [0.717, 1.165) is 18.2 Å². The SMILES string of the molecule is COC(=O)c1cnc(NCCN2CCCCC2)s1. The molecule has 1 aliphatic rings. The Kier molecular flexibility index (Phi) is 4.95. The molecule has 0 aromatic carbocycles. The fourth-order valence-corrected chi connectivity index (χ4v) is 2.81. The number of esters is 1. The summed E-state index contributed by atoms with van der Waals surface area (Å²) in [6, 6.07) is 0. The first-order valence-electron chi connectivity index (χ1n) is 6.30. The molecule has 1 aromatic rings. The quantitative estimate of drug-likeness (QED) is 0.826. The molecule has 2 heterocycles. The Morgan fingerprint density at radius 2 is 2.28 bits per heavy atom. The van der Waals surface area contributed by atoms with Crippen LogP contribution in [-0.4, -0.2) is 49.1 Å². The number of piperidine rings is 1. The minimum Gasteiger partial charge on any atom is -0.465 e. The van der Waals surface area contributed by atoms with E-state index in [1.165, 1.54) is 50.8 Å². The van der Waals surface area contributed by atoms with E-state index in [9.17, 15) is 4.79 Å². The van der Waals surface area contributed by atoms with Gasteiger partial charge in [0.15, 0.2) is 5.13 Å². The summed E-state index contributed by atoms with van der Waals surface area (Å²) in [6.07, 6.45) is 5.53. The van der Waals surface area contributed by atoms with Gasteiger partial charge in [-0.25, -0.2) is 9.78 Å². The van der Waals surface area contributed by atoms with Crippen LogP contribution in [0.3, 0.4) is 0 Å². The lowest BCUT2D eigenvalue weighted by molar-refractivity contribution is 0.0606. The normalized spacial score (nSPS) is 16.5. The van der Waals surface area contributed by atoms with Crippen molar-refractivity contribution >= 4 is 22.4 Å². The maximum atomic E-state index is 11.3. The van der Waals surface area contributed by atoms with E-state index in [2.05, 4.69) is 19.9 Å². The van der Waals surface area contributed by atoms with Crippen molar-refractivity contribution in [1.82, 2.24) is 9.88 Å². The number of hydrogen-bond acceptors (Lipinski definition) is 6. The topological polar surface area (TPSA) is 54.5 Å². The Labute approximate surface area is 111 Å². The average Bonchev–Trinajstić information content (AvgIpc) is 2.88. The van der Waals surface area contributed by atoms with E-state index < -0.39 is 0 Å². The van der Waals surface area contributed by atoms with Gasteiger partial charge in [-0.2, -0.15) is 0 Å². The summed E-state index contributed by atoms with van der Waals surface area (Å²) in [5.74, 6) is -0.323. The average molecular weight is 269 g/mol. The molecule has 0 amide bonds. The van der Waals surface area contributed by atoms with E-state index in [-0.39, 0.29) is 5.97 Å². The fraction of sp³-hybridized carbons (Fsp3) is 0.667. The molecule has 1 saturated heterocycles. The number of methoxy groups -OCH3 is 1. The smallest absolute Gasteiger partial charge is 0.349 e. The van der Waals surface area contributed by atoms with Gasteiger partial charge in [0.05, 0.1) is 13.3 Å². The molecular formula is C12H19N3O2S. The van der Waals surface area contributed by atoms with Gasteiger partial charge < -0.3 is 15.0 Å². The first kappa shape index (κ1) is 13.3. The third-order valence-corrected chi connectivity index (χ3v) is 3.98. The first-order chi connectivity index (χ1) is 8.79. The molecule has 1 fully saturated rings. The van der Waals surface area contributed by atoms with E-state index in [4.69, 9.17) is 0 Å². The lowest BCUT2D eigenvalue weighted by atomic mass is 10.1. The number of carbonyl (C=O) groups is 1. The van der Waals surface area contributed by atoms with Crippen molar-refractivity contribution in [2.75, 3.05) is 38.6 Å². The molecule has 0 radical (unpaired) electrons. The van der Waals surface area contributed by atoms with Gasteiger partial charge in [-0.15, -0.1) is 0 Å². The van der Waals surface area contributed by atoms with Gasteiger partial charge >= 0.3 is 5.97 Å². The molecule has 0 atom stereocenters. The molecule has 100 valence electrons. The Bertz CT molecular complexity index is 388. The summed E-state index contributed by atoms with van der Waals surface area (Å²) in [5.41, 5.74) is 0. The molecule has 0 saturated carbocycles. The van der Waals surface area contributed by atoms with Crippen molar-refractivity contribution in [3.05, 3.63) is 11.1 Å². The van der Waals surface area contributed by atoms with E-state index in [1.54, 1.807) is 6.20 Å². The fourth-order valence-electron chi connectivity index (χ4n) is 2.05. The summed E-state index contributed by atoms with van der Waals surface area (Å²) in [7, 11) is 1.38. The van der Waals surface area contributed by atoms with Gasteiger partial charge in [-0.3, -0.25) is 0 Å². The van der Waals surface area contributed by atoms with Crippen LogP contribution in [0.4, 0.5) is 5.13 Å². The Hall–Kier alpha value is -1.14. The molecular weight excluding hydrogens is 250 g/mol. The number of carbonyl (C=O) groups excluding carboxylic acids is 1. The van der Waals surface area contributed by atoms with Crippen LogP contribution in [0.2, 0.25) is 0 Å². The zero-order chi connectivity index (χ0) is 12.8. The minimum atomic E-state index is -0.323. The molecule has 5 nitrogen and oxygen atoms in total. The molecule has 18 heavy (non-hydrogen) atoms. The van der Waals surface area contributed by atoms with Gasteiger partial charge in [-0.1, -0.05) is 17.8 Å². The maximum Gasteiger partial charge on any atom is 0.349 e. The van der Waals surface area contributed by atoms with Crippen molar-refractivity contribution in [1.29, 1.82) is 0 Å². The van der Waals surface area contributed by atoms with Gasteiger partial charge in [0.1, 0.15) is 4.88 Å². The number of likely N-dealkylation sites (tertiary alicyclic amines) is 1. The van der Waals surface area contributed by atoms with Crippen LogP contribution in [0.5, 0.6) is 0 Å². The maximum absolute atomic E-state index is 11.3. The number of nitrogens with zero attached hydrogens (tertiary/aromatic N) is 2. The number of rotatable bonds is 5. The summed E-state index contributed by atoms with van der Waals surface area (Å²) in [4.78, 5) is 18.4. The van der Waals surface area contributed by atoms with E-state index in [0.29, 0.717) is 4.88 Å². The highest BCUT2D eigenvalue weighted by Gasteiger charge is 2.11. The second-order valence-electron chi connectivity index (χ2n) is 4.35. The number of anilines is 1. The monoisotopic (exact) mass is 269 g/mol. The summed E-state index contributed by atoms with van der Waals surface area (Å²) in [5, 5.41) is 4.03. The second kappa shape index (κ2) is 6.70. The van der Waals surface area contributed by atoms with Crippen LogP contribution in [0.25, 0.3) is 0 Å². The Morgan fingerprint density at radius 3 is 3.00 bits per heavy atom. The van der Waals surface area contributed by atoms with Gasteiger partial charge in [0, 0.05) is 13.1 Å². The van der Waals surface area contributed by atoms with Crippen LogP contribution in [0.1, 0.15) is 28.9 Å². The second-order valence-corrected chi connectivity index (χ2v) is 5.38. The summed E-state index contributed by atoms with van der Waals surface area (Å²) < 4.78 is 4.64. The molecule has 0 unspecified atom stereocenters. The number of aromatic nitrogens is 1. The summed E-state index contributed by atoms with van der Waals surface area (Å²) in [6.45, 7) is 4.31. The standard InChI is InChI=1S/C12H19N3O2S/c1-17-11(16)10-9-14-12(18-10)13-5-8-15-6-3-2-4-7-15/h9H,2-8H2,1H3,(H,13,14). The third-order valence-electron chi connectivity index (χ3n) is 3.05. The Morgan fingerprint density at radius 1 is 1.50 bits per heavy atom. The highest BCUT2D eigenvalue weighted by molar-refractivity contribution is 7.17. The van der Waals surface area contributed by atoms with Crippen LogP contribution >= 0.6 is 11.3 Å². The third kappa shape index (κ3) is 3.68. The van der Waals surface area contributed by atoms with Crippen molar-refractivity contribution in [2.24, 2.45) is 0 Å². The predicted molar refractivity (Wildman–Crippen MR) is 72.2 cm³/mol. The highest BCUT2D eigenvalue weighted by atomic mass is 32.1. The van der Waals surface area contributed by atoms with Gasteiger partial charge in [-0.05, 0) is 25.9 Å². The zero-order valence-electron chi connectivity index (χ0n) is 10.6. The largest absolute Gasteiger partial charge is 0.465 e. The number of nitrogens with one attached hydrogen (secondary N) is 1. The molecule has 1 aliphatic heterocycles. The number of hydrogen-bond donors (Lipinski definition) is 1. The lowest BCUT2D eigenvalue weighted by Crippen LogP contribution is -2.33. The van der Waals surface area contributed by atoms with Crippen molar-refractivity contribution < 1.29 is 9.53 Å². The molecule has 0 bridgehead atoms. The van der Waals surface area contributed by atoms with Gasteiger partial charge in [0.25, 0.3) is 0 Å². The van der Waals surface area contributed by atoms with E-state index >= 15 is 0 Å². The van der Waals surface area contributed by atoms with Crippen LogP contribution in [0.15, 0.2) is 6.20 Å².